The van der Waals surface area contributed by atoms with Gasteiger partial charge in [-0.25, -0.2) is 4.79 Å². The van der Waals surface area contributed by atoms with Crippen LogP contribution >= 0.6 is 0 Å². The maximum atomic E-state index is 12.7. The maximum Gasteiger partial charge on any atom is 0.352 e. The van der Waals surface area contributed by atoms with E-state index in [1.807, 2.05) is 47.4 Å². The number of nitrogens with two attached hydrogens (primary N) is 1. The van der Waals surface area contributed by atoms with Gasteiger partial charge in [-0.2, -0.15) is 0 Å². The van der Waals surface area contributed by atoms with Crippen molar-refractivity contribution in [1.29, 1.82) is 5.41 Å². The Bertz CT molecular complexity index is 957. The van der Waals surface area contributed by atoms with E-state index in [9.17, 15) is 4.79 Å². The zero-order chi connectivity index (χ0) is 22.5. The predicted octanol–water partition coefficient (Wildman–Crippen LogP) is 2.36. The quantitative estimate of drug-likeness (QED) is 0.346. The second-order valence-corrected chi connectivity index (χ2v) is 8.04. The number of hydrogen-bond donors (Lipinski definition) is 3. The third kappa shape index (κ3) is 5.13. The third-order valence-corrected chi connectivity index (χ3v) is 5.79. The molecule has 0 spiro atoms. The smallest absolute Gasteiger partial charge is 0.352 e. The number of rotatable bonds is 7. The van der Waals surface area contributed by atoms with Gasteiger partial charge in [0, 0.05) is 25.2 Å². The van der Waals surface area contributed by atoms with E-state index in [1.54, 1.807) is 6.92 Å². The lowest BCUT2D eigenvalue weighted by Gasteiger charge is -2.29. The summed E-state index contributed by atoms with van der Waals surface area (Å²) in [5, 5.41) is 11.0. The van der Waals surface area contributed by atoms with E-state index < -0.39 is 12.1 Å². The zero-order valence-corrected chi connectivity index (χ0v) is 18.3. The minimum Gasteiger partial charge on any atom is -0.489 e. The fourth-order valence-corrected chi connectivity index (χ4v) is 4.06. The van der Waals surface area contributed by atoms with E-state index in [0.717, 1.165) is 43.8 Å². The molecular formula is C24H30N4O4. The highest BCUT2D eigenvalue weighted by atomic mass is 16.6. The second kappa shape index (κ2) is 9.91. The molecule has 4 N–H and O–H groups in total. The fourth-order valence-electron chi connectivity index (χ4n) is 4.06. The van der Waals surface area contributed by atoms with E-state index in [1.165, 1.54) is 5.56 Å². The molecule has 2 atom stereocenters. The first-order valence-electron chi connectivity index (χ1n) is 11.0. The molecular weight excluding hydrogens is 408 g/mol. The summed E-state index contributed by atoms with van der Waals surface area (Å²) in [5.41, 5.74) is 8.60. The summed E-state index contributed by atoms with van der Waals surface area (Å²) in [5.74, 6) is 0.957. The first-order valence-corrected chi connectivity index (χ1v) is 11.0. The van der Waals surface area contributed by atoms with E-state index >= 15 is 0 Å². The number of nitrogens with zero attached hydrogens (tertiary/aromatic N) is 1. The summed E-state index contributed by atoms with van der Waals surface area (Å²) in [6.45, 7) is 5.12. The largest absolute Gasteiger partial charge is 0.489 e. The van der Waals surface area contributed by atoms with Gasteiger partial charge in [-0.1, -0.05) is 18.2 Å². The molecule has 0 amide bonds. The van der Waals surface area contributed by atoms with Crippen molar-refractivity contribution < 1.29 is 19.0 Å². The van der Waals surface area contributed by atoms with Crippen LogP contribution in [0.4, 0.5) is 0 Å². The summed E-state index contributed by atoms with van der Waals surface area (Å²) in [6, 6.07) is 13.2. The van der Waals surface area contributed by atoms with Gasteiger partial charge in [0.2, 0.25) is 6.10 Å². The number of fused-ring (bicyclic) bond motifs is 1. The molecule has 8 nitrogen and oxygen atoms in total. The molecule has 0 aliphatic carbocycles. The van der Waals surface area contributed by atoms with Crippen molar-refractivity contribution in [3.05, 3.63) is 59.2 Å². The van der Waals surface area contributed by atoms with Crippen molar-refractivity contribution in [2.75, 3.05) is 26.2 Å². The van der Waals surface area contributed by atoms with E-state index in [4.69, 9.17) is 25.4 Å². The van der Waals surface area contributed by atoms with Crippen molar-refractivity contribution in [3.8, 4) is 11.5 Å². The molecule has 2 heterocycles. The minimum absolute atomic E-state index is 0.0575. The topological polar surface area (TPSA) is 110 Å². The molecule has 1 fully saturated rings. The highest BCUT2D eigenvalue weighted by Crippen LogP contribution is 2.29. The molecule has 2 aliphatic heterocycles. The molecule has 170 valence electrons. The lowest BCUT2D eigenvalue weighted by atomic mass is 9.99. The Labute approximate surface area is 188 Å². The molecule has 32 heavy (non-hydrogen) atoms. The van der Waals surface area contributed by atoms with Crippen molar-refractivity contribution in [1.82, 2.24) is 10.2 Å². The summed E-state index contributed by atoms with van der Waals surface area (Å²) in [6.07, 6.45) is 1.08. The zero-order valence-electron chi connectivity index (χ0n) is 18.3. The van der Waals surface area contributed by atoms with E-state index in [0.29, 0.717) is 17.9 Å². The van der Waals surface area contributed by atoms with Crippen LogP contribution in [0.25, 0.3) is 0 Å². The minimum atomic E-state index is -0.886. The number of carbonyl (C=O) groups excluding carboxylic acids is 1. The average Bonchev–Trinajstić information content (AvgIpc) is 3.31. The van der Waals surface area contributed by atoms with Crippen LogP contribution in [0.2, 0.25) is 0 Å². The van der Waals surface area contributed by atoms with Gasteiger partial charge in [-0.15, -0.1) is 0 Å². The third-order valence-electron chi connectivity index (χ3n) is 5.79. The number of ether oxygens (including phenoxy) is 3. The van der Waals surface area contributed by atoms with Crippen LogP contribution in [-0.2, 0) is 22.5 Å². The molecule has 2 aliphatic rings. The number of hydrogen-bond acceptors (Lipinski definition) is 6. The van der Waals surface area contributed by atoms with Crippen LogP contribution in [0.1, 0.15) is 36.1 Å². The Kier molecular flexibility index (Phi) is 6.80. The van der Waals surface area contributed by atoms with Gasteiger partial charge in [-0.3, -0.25) is 5.41 Å². The Hall–Kier alpha value is -3.26. The van der Waals surface area contributed by atoms with Crippen LogP contribution in [-0.4, -0.2) is 49.2 Å². The summed E-state index contributed by atoms with van der Waals surface area (Å²) < 4.78 is 17.4. The van der Waals surface area contributed by atoms with Crippen molar-refractivity contribution >= 4 is 11.9 Å². The highest BCUT2D eigenvalue weighted by molar-refractivity contribution is 5.77. The lowest BCUT2D eigenvalue weighted by molar-refractivity contribution is -0.151. The van der Waals surface area contributed by atoms with Crippen LogP contribution in [0.15, 0.2) is 42.5 Å². The Morgan fingerprint density at radius 3 is 2.69 bits per heavy atom. The van der Waals surface area contributed by atoms with Crippen molar-refractivity contribution in [2.45, 2.75) is 38.5 Å². The summed E-state index contributed by atoms with van der Waals surface area (Å²) >= 11 is 0. The monoisotopic (exact) mass is 438 g/mol. The van der Waals surface area contributed by atoms with Crippen molar-refractivity contribution in [3.63, 3.8) is 0 Å². The molecule has 1 saturated heterocycles. The van der Waals surface area contributed by atoms with Gasteiger partial charge in [0.1, 0.15) is 17.6 Å². The molecule has 4 rings (SSSR count). The normalized spacial score (nSPS) is 18.5. The number of nitrogens with one attached hydrogen (secondary N) is 2. The van der Waals surface area contributed by atoms with Gasteiger partial charge >= 0.3 is 5.97 Å². The standard InChI is InChI=1S/C24H30N4O4/c1-2-30-23(29)22(17-4-6-19(7-5-17)31-21-9-11-27-14-21)32-20-8-3-16-10-12-28(24(25)26)15-18(16)13-20/h3-8,13,21-22,27H,2,9-12,14-15H2,1H3,(H3,25,26)/t21-,22?/m0/s1. The summed E-state index contributed by atoms with van der Waals surface area (Å²) in [4.78, 5) is 14.5. The van der Waals surface area contributed by atoms with Crippen LogP contribution < -0.4 is 20.5 Å². The number of benzene rings is 2. The lowest BCUT2D eigenvalue weighted by Crippen LogP contribution is -2.40. The number of guanidine groups is 1. The van der Waals surface area contributed by atoms with Gasteiger partial charge in [0.25, 0.3) is 0 Å². The molecule has 8 heteroatoms. The van der Waals surface area contributed by atoms with Gasteiger partial charge in [0.05, 0.1) is 6.61 Å². The highest BCUT2D eigenvalue weighted by Gasteiger charge is 2.26. The van der Waals surface area contributed by atoms with Gasteiger partial charge < -0.3 is 30.2 Å². The molecule has 0 radical (unpaired) electrons. The molecule has 1 unspecified atom stereocenters. The second-order valence-electron chi connectivity index (χ2n) is 8.04. The molecule has 2 aromatic carbocycles. The summed E-state index contributed by atoms with van der Waals surface area (Å²) in [7, 11) is 0. The number of esters is 1. The fraction of sp³-hybridized carbons (Fsp3) is 0.417. The predicted molar refractivity (Wildman–Crippen MR) is 121 cm³/mol. The Morgan fingerprint density at radius 1 is 1.22 bits per heavy atom. The molecule has 2 aromatic rings. The Morgan fingerprint density at radius 2 is 2.00 bits per heavy atom. The van der Waals surface area contributed by atoms with Gasteiger partial charge in [0.15, 0.2) is 5.96 Å². The van der Waals surface area contributed by atoms with Crippen LogP contribution in [0.5, 0.6) is 11.5 Å². The Balaban J connectivity index is 1.51. The molecule has 0 bridgehead atoms. The SMILES string of the molecule is CCOC(=O)C(Oc1ccc2c(c1)CN(C(=N)N)CC2)c1ccc(O[C@H]2CCNC2)cc1. The average molecular weight is 439 g/mol. The van der Waals surface area contributed by atoms with E-state index in [-0.39, 0.29) is 18.7 Å². The number of carbonyl (C=O) groups is 1. The molecule has 0 saturated carbocycles. The van der Waals surface area contributed by atoms with E-state index in [2.05, 4.69) is 5.32 Å². The first kappa shape index (κ1) is 22.0. The van der Waals surface area contributed by atoms with Crippen molar-refractivity contribution in [2.24, 2.45) is 5.73 Å². The maximum absolute atomic E-state index is 12.7. The van der Waals surface area contributed by atoms with Crippen LogP contribution in [0, 0.1) is 5.41 Å². The first-order chi connectivity index (χ1) is 15.5. The molecule has 0 aromatic heterocycles. The van der Waals surface area contributed by atoms with Gasteiger partial charge in [-0.05, 0) is 61.7 Å². The van der Waals surface area contributed by atoms with Crippen LogP contribution in [0.3, 0.4) is 0 Å².